The Bertz CT molecular complexity index is 390. The number of aliphatic hydroxyl groups is 1. The Morgan fingerprint density at radius 2 is 1.88 bits per heavy atom. The standard InChI is InChI=1S/C15H19FO/c16-13-6-4-12(5-7-13)15(8-1-9-15)14(17)10-11-2-3-11/h4-7,11,14,17H,1-3,8-10H2/t14-/m0/s1. The third-order valence-corrected chi connectivity index (χ3v) is 4.56. The highest BCUT2D eigenvalue weighted by Gasteiger charge is 2.46. The van der Waals surface area contributed by atoms with Crippen LogP contribution in [-0.4, -0.2) is 11.2 Å². The predicted molar refractivity (Wildman–Crippen MR) is 65.3 cm³/mol. The molecule has 92 valence electrons. The van der Waals surface area contributed by atoms with Gasteiger partial charge in [0.2, 0.25) is 0 Å². The van der Waals surface area contributed by atoms with Gasteiger partial charge in [0.25, 0.3) is 0 Å². The molecule has 1 nitrogen and oxygen atoms in total. The van der Waals surface area contributed by atoms with Gasteiger partial charge in [-0.15, -0.1) is 0 Å². The summed E-state index contributed by atoms with van der Waals surface area (Å²) in [5.41, 5.74) is 1.05. The minimum Gasteiger partial charge on any atom is -0.392 e. The van der Waals surface area contributed by atoms with Gasteiger partial charge in [-0.1, -0.05) is 31.4 Å². The van der Waals surface area contributed by atoms with Crippen molar-refractivity contribution in [3.8, 4) is 0 Å². The van der Waals surface area contributed by atoms with Crippen LogP contribution in [0.15, 0.2) is 24.3 Å². The van der Waals surface area contributed by atoms with Gasteiger partial charge < -0.3 is 5.11 Å². The Morgan fingerprint density at radius 3 is 2.35 bits per heavy atom. The third-order valence-electron chi connectivity index (χ3n) is 4.56. The second-order valence-corrected chi connectivity index (χ2v) is 5.71. The Morgan fingerprint density at radius 1 is 1.24 bits per heavy atom. The molecule has 0 spiro atoms. The average Bonchev–Trinajstić information content (AvgIpc) is 3.03. The normalized spacial score (nSPS) is 24.1. The first kappa shape index (κ1) is 11.2. The third kappa shape index (κ3) is 1.99. The van der Waals surface area contributed by atoms with Crippen LogP contribution in [-0.2, 0) is 5.41 Å². The highest BCUT2D eigenvalue weighted by atomic mass is 19.1. The van der Waals surface area contributed by atoms with E-state index in [2.05, 4.69) is 0 Å². The van der Waals surface area contributed by atoms with Crippen LogP contribution in [0.5, 0.6) is 0 Å². The molecule has 0 aliphatic heterocycles. The molecule has 0 saturated heterocycles. The number of hydrogen-bond donors (Lipinski definition) is 1. The van der Waals surface area contributed by atoms with Gasteiger partial charge in [-0.25, -0.2) is 4.39 Å². The molecule has 2 heteroatoms. The SMILES string of the molecule is O[C@@H](CC1CC1)C1(c2ccc(F)cc2)CCC1. The van der Waals surface area contributed by atoms with Gasteiger partial charge in [0.15, 0.2) is 0 Å². The molecule has 0 aromatic heterocycles. The monoisotopic (exact) mass is 234 g/mol. The molecule has 0 bridgehead atoms. The lowest BCUT2D eigenvalue weighted by molar-refractivity contribution is 0.0184. The number of benzene rings is 1. The van der Waals surface area contributed by atoms with Crippen LogP contribution in [0.1, 0.15) is 44.1 Å². The summed E-state index contributed by atoms with van der Waals surface area (Å²) in [4.78, 5) is 0. The van der Waals surface area contributed by atoms with E-state index in [9.17, 15) is 9.50 Å². The average molecular weight is 234 g/mol. The van der Waals surface area contributed by atoms with Crippen LogP contribution < -0.4 is 0 Å². The van der Waals surface area contributed by atoms with Gasteiger partial charge in [-0.2, -0.15) is 0 Å². The topological polar surface area (TPSA) is 20.2 Å². The maximum absolute atomic E-state index is 13.0. The summed E-state index contributed by atoms with van der Waals surface area (Å²) in [6.07, 6.45) is 6.51. The molecule has 1 atom stereocenters. The summed E-state index contributed by atoms with van der Waals surface area (Å²) >= 11 is 0. The fraction of sp³-hybridized carbons (Fsp3) is 0.600. The van der Waals surface area contributed by atoms with Gasteiger partial charge in [0, 0.05) is 5.41 Å². The first-order valence-corrected chi connectivity index (χ1v) is 6.65. The first-order valence-electron chi connectivity index (χ1n) is 6.65. The molecule has 0 heterocycles. The summed E-state index contributed by atoms with van der Waals surface area (Å²) in [5, 5.41) is 10.5. The molecule has 2 saturated carbocycles. The van der Waals surface area contributed by atoms with Crippen LogP contribution in [0.25, 0.3) is 0 Å². The molecule has 0 radical (unpaired) electrons. The lowest BCUT2D eigenvalue weighted by atomic mass is 9.60. The lowest BCUT2D eigenvalue weighted by Crippen LogP contribution is -2.45. The molecular weight excluding hydrogens is 215 g/mol. The van der Waals surface area contributed by atoms with Crippen molar-refractivity contribution in [2.75, 3.05) is 0 Å². The van der Waals surface area contributed by atoms with Gasteiger partial charge in [-0.05, 0) is 42.9 Å². The molecule has 17 heavy (non-hydrogen) atoms. The van der Waals surface area contributed by atoms with Crippen molar-refractivity contribution in [3.63, 3.8) is 0 Å². The molecule has 2 fully saturated rings. The zero-order valence-electron chi connectivity index (χ0n) is 10.0. The van der Waals surface area contributed by atoms with Crippen LogP contribution in [0.3, 0.4) is 0 Å². The van der Waals surface area contributed by atoms with E-state index in [0.717, 1.165) is 30.7 Å². The Hall–Kier alpha value is -0.890. The summed E-state index contributed by atoms with van der Waals surface area (Å²) in [6.45, 7) is 0. The second kappa shape index (κ2) is 4.09. The van der Waals surface area contributed by atoms with Crippen molar-refractivity contribution in [3.05, 3.63) is 35.6 Å². The van der Waals surface area contributed by atoms with Crippen LogP contribution >= 0.6 is 0 Å². The molecule has 0 unspecified atom stereocenters. The van der Waals surface area contributed by atoms with Crippen LogP contribution in [0.4, 0.5) is 4.39 Å². The van der Waals surface area contributed by atoms with E-state index in [1.165, 1.54) is 31.4 Å². The van der Waals surface area contributed by atoms with E-state index in [4.69, 9.17) is 0 Å². The van der Waals surface area contributed by atoms with Crippen molar-refractivity contribution in [1.82, 2.24) is 0 Å². The minimum atomic E-state index is -0.241. The Kier molecular flexibility index (Phi) is 2.70. The number of halogens is 1. The van der Waals surface area contributed by atoms with Crippen molar-refractivity contribution < 1.29 is 9.50 Å². The van der Waals surface area contributed by atoms with Gasteiger partial charge in [0.1, 0.15) is 5.82 Å². The number of hydrogen-bond acceptors (Lipinski definition) is 1. The van der Waals surface area contributed by atoms with Crippen molar-refractivity contribution >= 4 is 0 Å². The highest BCUT2D eigenvalue weighted by molar-refractivity contribution is 5.30. The smallest absolute Gasteiger partial charge is 0.123 e. The van der Waals surface area contributed by atoms with Crippen molar-refractivity contribution in [2.24, 2.45) is 5.92 Å². The van der Waals surface area contributed by atoms with E-state index in [0.29, 0.717) is 0 Å². The summed E-state index contributed by atoms with van der Waals surface area (Å²) in [6, 6.07) is 6.73. The fourth-order valence-corrected chi connectivity index (χ4v) is 3.05. The minimum absolute atomic E-state index is 0.0731. The van der Waals surface area contributed by atoms with Crippen LogP contribution in [0, 0.1) is 11.7 Å². The molecule has 1 N–H and O–H groups in total. The van der Waals surface area contributed by atoms with Gasteiger partial charge in [0.05, 0.1) is 6.10 Å². The zero-order chi connectivity index (χ0) is 11.9. The van der Waals surface area contributed by atoms with E-state index < -0.39 is 0 Å². The molecule has 1 aromatic rings. The van der Waals surface area contributed by atoms with E-state index in [1.54, 1.807) is 0 Å². The first-order chi connectivity index (χ1) is 8.21. The van der Waals surface area contributed by atoms with Crippen LogP contribution in [0.2, 0.25) is 0 Å². The van der Waals surface area contributed by atoms with Crippen molar-refractivity contribution in [1.29, 1.82) is 0 Å². The quantitative estimate of drug-likeness (QED) is 0.846. The number of aliphatic hydroxyl groups excluding tert-OH is 1. The van der Waals surface area contributed by atoms with Crippen molar-refractivity contribution in [2.45, 2.75) is 50.0 Å². The fourth-order valence-electron chi connectivity index (χ4n) is 3.05. The summed E-state index contributed by atoms with van der Waals surface area (Å²) < 4.78 is 13.0. The highest BCUT2D eigenvalue weighted by Crippen LogP contribution is 2.49. The molecule has 2 aliphatic carbocycles. The second-order valence-electron chi connectivity index (χ2n) is 5.71. The van der Waals surface area contributed by atoms with E-state index >= 15 is 0 Å². The maximum Gasteiger partial charge on any atom is 0.123 e. The summed E-state index contributed by atoms with van der Waals surface area (Å²) in [7, 11) is 0. The maximum atomic E-state index is 13.0. The number of rotatable bonds is 4. The Labute approximate surface area is 102 Å². The lowest BCUT2D eigenvalue weighted by Gasteiger charge is -2.46. The van der Waals surface area contributed by atoms with Gasteiger partial charge >= 0.3 is 0 Å². The van der Waals surface area contributed by atoms with Gasteiger partial charge in [-0.3, -0.25) is 0 Å². The van der Waals surface area contributed by atoms with E-state index in [-0.39, 0.29) is 17.3 Å². The molecule has 3 rings (SSSR count). The predicted octanol–water partition coefficient (Wildman–Crippen LogP) is 3.41. The Balaban J connectivity index is 1.82. The molecular formula is C15H19FO. The molecule has 1 aromatic carbocycles. The molecule has 2 aliphatic rings. The zero-order valence-corrected chi connectivity index (χ0v) is 10.0. The largest absolute Gasteiger partial charge is 0.392 e. The van der Waals surface area contributed by atoms with E-state index in [1.807, 2.05) is 12.1 Å². The summed E-state index contributed by atoms with van der Waals surface area (Å²) in [5.74, 6) is 0.544. The molecule has 0 amide bonds.